The summed E-state index contributed by atoms with van der Waals surface area (Å²) in [7, 11) is 0. The van der Waals surface area contributed by atoms with Gasteiger partial charge in [0.2, 0.25) is 11.8 Å². The molecule has 0 bridgehead atoms. The molecule has 0 spiro atoms. The third kappa shape index (κ3) is 3.43. The molecule has 1 unspecified atom stereocenters. The molecule has 2 aromatic rings. The molecule has 2 aliphatic heterocycles. The highest BCUT2D eigenvalue weighted by Gasteiger charge is 2.32. The van der Waals surface area contributed by atoms with E-state index in [1.807, 2.05) is 6.07 Å². The average Bonchev–Trinajstić information content (AvgIpc) is 3.45. The van der Waals surface area contributed by atoms with Gasteiger partial charge in [-0.3, -0.25) is 9.69 Å². The number of anilines is 1. The fraction of sp³-hybridized carbons (Fsp3) is 0.550. The molecule has 7 heteroatoms. The fourth-order valence-electron chi connectivity index (χ4n) is 4.04. The Balaban J connectivity index is 1.31. The maximum absolute atomic E-state index is 11.9. The van der Waals surface area contributed by atoms with Crippen LogP contribution in [0.1, 0.15) is 19.3 Å². The number of nitrogens with one attached hydrogen (secondary N) is 1. The van der Waals surface area contributed by atoms with Gasteiger partial charge in [-0.1, -0.05) is 0 Å². The van der Waals surface area contributed by atoms with Crippen molar-refractivity contribution in [2.45, 2.75) is 25.3 Å². The average molecular weight is 367 g/mol. The van der Waals surface area contributed by atoms with Crippen LogP contribution in [-0.2, 0) is 4.79 Å². The zero-order valence-corrected chi connectivity index (χ0v) is 15.4. The first-order valence-electron chi connectivity index (χ1n) is 9.92. The van der Waals surface area contributed by atoms with Crippen molar-refractivity contribution in [3.8, 4) is 5.88 Å². The van der Waals surface area contributed by atoms with Crippen molar-refractivity contribution in [2.24, 2.45) is 5.92 Å². The summed E-state index contributed by atoms with van der Waals surface area (Å²) in [5, 5.41) is 3.92. The van der Waals surface area contributed by atoms with Gasteiger partial charge in [-0.25, -0.2) is 9.97 Å². The summed E-state index contributed by atoms with van der Waals surface area (Å²) in [6, 6.07) is 6.38. The number of ether oxygens (including phenoxy) is 1. The van der Waals surface area contributed by atoms with Crippen molar-refractivity contribution >= 4 is 22.5 Å². The van der Waals surface area contributed by atoms with E-state index in [2.05, 4.69) is 37.2 Å². The highest BCUT2D eigenvalue weighted by molar-refractivity contribution is 5.87. The molecular weight excluding hydrogens is 342 g/mol. The Morgan fingerprint density at radius 3 is 2.70 bits per heavy atom. The van der Waals surface area contributed by atoms with Gasteiger partial charge in [0.1, 0.15) is 6.33 Å². The van der Waals surface area contributed by atoms with Crippen LogP contribution in [-0.4, -0.2) is 66.1 Å². The molecule has 1 aromatic heterocycles. The number of amides is 1. The van der Waals surface area contributed by atoms with Crippen molar-refractivity contribution in [1.29, 1.82) is 0 Å². The molecule has 1 amide bonds. The number of piperazine rings is 1. The summed E-state index contributed by atoms with van der Waals surface area (Å²) in [6.07, 6.45) is 5.03. The largest absolute Gasteiger partial charge is 0.477 e. The van der Waals surface area contributed by atoms with Crippen molar-refractivity contribution in [3.05, 3.63) is 24.5 Å². The zero-order chi connectivity index (χ0) is 18.2. The standard InChI is InChI=1S/C20H25N5O2/c26-19-18(5-6-21-19)25-9-7-24(8-10-25)15-3-4-17-16(11-15)20(23-13-22-17)27-12-14-1-2-14/h3-4,11,13-14,18H,1-2,5-10,12H2,(H,21,26). The normalized spacial score (nSPS) is 23.6. The Morgan fingerprint density at radius 2 is 1.96 bits per heavy atom. The number of nitrogens with zero attached hydrogens (tertiary/aromatic N) is 4. The minimum absolute atomic E-state index is 0.0552. The molecule has 0 radical (unpaired) electrons. The Kier molecular flexibility index (Phi) is 4.32. The smallest absolute Gasteiger partial charge is 0.237 e. The number of rotatable bonds is 5. The highest BCUT2D eigenvalue weighted by atomic mass is 16.5. The van der Waals surface area contributed by atoms with Crippen molar-refractivity contribution in [3.63, 3.8) is 0 Å². The van der Waals surface area contributed by atoms with Gasteiger partial charge in [0.15, 0.2) is 0 Å². The van der Waals surface area contributed by atoms with Crippen molar-refractivity contribution in [1.82, 2.24) is 20.2 Å². The first-order chi connectivity index (χ1) is 13.3. The summed E-state index contributed by atoms with van der Waals surface area (Å²) in [5.41, 5.74) is 2.09. The second-order valence-electron chi connectivity index (χ2n) is 7.75. The molecule has 2 saturated heterocycles. The topological polar surface area (TPSA) is 70.6 Å². The fourth-order valence-corrected chi connectivity index (χ4v) is 4.04. The number of hydrogen-bond donors (Lipinski definition) is 1. The van der Waals surface area contributed by atoms with Crippen molar-refractivity contribution < 1.29 is 9.53 Å². The van der Waals surface area contributed by atoms with Crippen molar-refractivity contribution in [2.75, 3.05) is 44.2 Å². The van der Waals surface area contributed by atoms with E-state index in [-0.39, 0.29) is 11.9 Å². The van der Waals surface area contributed by atoms with Crippen LogP contribution in [0.15, 0.2) is 24.5 Å². The molecule has 5 rings (SSSR count). The third-order valence-electron chi connectivity index (χ3n) is 5.87. The van der Waals surface area contributed by atoms with Gasteiger partial charge in [0.05, 0.1) is 23.6 Å². The summed E-state index contributed by atoms with van der Waals surface area (Å²) in [6.45, 7) is 5.21. The van der Waals surface area contributed by atoms with Crippen LogP contribution in [0.25, 0.3) is 10.9 Å². The molecular formula is C20H25N5O2. The number of carbonyl (C=O) groups excluding carboxylic acids is 1. The van der Waals surface area contributed by atoms with E-state index in [0.29, 0.717) is 11.8 Å². The maximum atomic E-state index is 11.9. The van der Waals surface area contributed by atoms with Gasteiger partial charge in [-0.2, -0.15) is 0 Å². The van der Waals surface area contributed by atoms with Crippen LogP contribution in [0.5, 0.6) is 5.88 Å². The summed E-state index contributed by atoms with van der Waals surface area (Å²) >= 11 is 0. The molecule has 1 atom stereocenters. The van der Waals surface area contributed by atoms with E-state index < -0.39 is 0 Å². The number of aromatic nitrogens is 2. The van der Waals surface area contributed by atoms with Gasteiger partial charge < -0.3 is 15.0 Å². The number of benzene rings is 1. The highest BCUT2D eigenvalue weighted by Crippen LogP contribution is 2.32. The summed E-state index contributed by atoms with van der Waals surface area (Å²) < 4.78 is 5.96. The van der Waals surface area contributed by atoms with E-state index in [1.54, 1.807) is 6.33 Å². The van der Waals surface area contributed by atoms with Crippen LogP contribution in [0.2, 0.25) is 0 Å². The van der Waals surface area contributed by atoms with Crippen LogP contribution in [0, 0.1) is 5.92 Å². The quantitative estimate of drug-likeness (QED) is 0.862. The first-order valence-corrected chi connectivity index (χ1v) is 9.92. The van der Waals surface area contributed by atoms with E-state index in [9.17, 15) is 4.79 Å². The van der Waals surface area contributed by atoms with Gasteiger partial charge in [-0.05, 0) is 43.4 Å². The Bertz CT molecular complexity index is 845. The van der Waals surface area contributed by atoms with Crippen LogP contribution in [0.4, 0.5) is 5.69 Å². The summed E-state index contributed by atoms with van der Waals surface area (Å²) in [4.78, 5) is 25.4. The molecule has 1 saturated carbocycles. The molecule has 3 heterocycles. The predicted octanol–water partition coefficient (Wildman–Crippen LogP) is 1.43. The van der Waals surface area contributed by atoms with Gasteiger partial charge in [-0.15, -0.1) is 0 Å². The second kappa shape index (κ2) is 6.96. The molecule has 7 nitrogen and oxygen atoms in total. The Morgan fingerprint density at radius 1 is 1.11 bits per heavy atom. The molecule has 3 aliphatic rings. The van der Waals surface area contributed by atoms with Gasteiger partial charge >= 0.3 is 0 Å². The molecule has 1 aromatic carbocycles. The minimum atomic E-state index is 0.0552. The van der Waals surface area contributed by atoms with Gasteiger partial charge in [0, 0.05) is 38.4 Å². The van der Waals surface area contributed by atoms with E-state index in [4.69, 9.17) is 4.74 Å². The summed E-state index contributed by atoms with van der Waals surface area (Å²) in [5.74, 6) is 1.57. The minimum Gasteiger partial charge on any atom is -0.477 e. The van der Waals surface area contributed by atoms with E-state index in [0.717, 1.165) is 56.7 Å². The maximum Gasteiger partial charge on any atom is 0.237 e. The van der Waals surface area contributed by atoms with Crippen LogP contribution < -0.4 is 15.0 Å². The Hall–Kier alpha value is -2.41. The third-order valence-corrected chi connectivity index (χ3v) is 5.87. The molecule has 27 heavy (non-hydrogen) atoms. The molecule has 1 N–H and O–H groups in total. The molecule has 142 valence electrons. The number of fused-ring (bicyclic) bond motifs is 1. The monoisotopic (exact) mass is 367 g/mol. The lowest BCUT2D eigenvalue weighted by atomic mass is 10.1. The lowest BCUT2D eigenvalue weighted by Gasteiger charge is -2.38. The van der Waals surface area contributed by atoms with Crippen LogP contribution in [0.3, 0.4) is 0 Å². The van der Waals surface area contributed by atoms with Crippen LogP contribution >= 0.6 is 0 Å². The van der Waals surface area contributed by atoms with E-state index >= 15 is 0 Å². The van der Waals surface area contributed by atoms with E-state index in [1.165, 1.54) is 18.5 Å². The SMILES string of the molecule is O=C1NCCC1N1CCN(c2ccc3ncnc(OCC4CC4)c3c2)CC1. The predicted molar refractivity (Wildman–Crippen MR) is 103 cm³/mol. The zero-order valence-electron chi connectivity index (χ0n) is 15.4. The number of hydrogen-bond acceptors (Lipinski definition) is 6. The van der Waals surface area contributed by atoms with Gasteiger partial charge in [0.25, 0.3) is 0 Å². The first kappa shape index (κ1) is 16.7. The Labute approximate surface area is 158 Å². The second-order valence-corrected chi connectivity index (χ2v) is 7.75. The molecule has 1 aliphatic carbocycles. The lowest BCUT2D eigenvalue weighted by Crippen LogP contribution is -2.52. The number of carbonyl (C=O) groups is 1. The molecule has 3 fully saturated rings. The lowest BCUT2D eigenvalue weighted by molar-refractivity contribution is -0.123.